The molecule has 1 fully saturated rings. The molecule has 7 heteroatoms. The number of urea groups is 1. The fourth-order valence-electron chi connectivity index (χ4n) is 2.15. The topological polar surface area (TPSA) is 88.3 Å². The van der Waals surface area contributed by atoms with Crippen LogP contribution in [0.3, 0.4) is 0 Å². The van der Waals surface area contributed by atoms with E-state index in [1.54, 1.807) is 18.0 Å². The molecule has 0 aromatic carbocycles. The van der Waals surface area contributed by atoms with Gasteiger partial charge in [0.1, 0.15) is 6.04 Å². The van der Waals surface area contributed by atoms with Gasteiger partial charge in [-0.25, -0.2) is 9.78 Å². The SMILES string of the molecule is NC(=O)[C@@H]1CCCN1C(=O)NCCSc1ccccn1. The van der Waals surface area contributed by atoms with Crippen LogP contribution >= 0.6 is 11.8 Å². The zero-order valence-corrected chi connectivity index (χ0v) is 11.9. The maximum Gasteiger partial charge on any atom is 0.318 e. The summed E-state index contributed by atoms with van der Waals surface area (Å²) in [5.41, 5.74) is 5.28. The Labute approximate surface area is 122 Å². The van der Waals surface area contributed by atoms with Gasteiger partial charge in [0.25, 0.3) is 0 Å². The third-order valence-electron chi connectivity index (χ3n) is 3.11. The summed E-state index contributed by atoms with van der Waals surface area (Å²) >= 11 is 1.58. The Morgan fingerprint density at radius 3 is 3.05 bits per heavy atom. The number of hydrogen-bond donors (Lipinski definition) is 2. The van der Waals surface area contributed by atoms with Crippen LogP contribution in [0.4, 0.5) is 4.79 Å². The van der Waals surface area contributed by atoms with Gasteiger partial charge in [-0.05, 0) is 25.0 Å². The molecule has 0 radical (unpaired) electrons. The Morgan fingerprint density at radius 1 is 1.50 bits per heavy atom. The van der Waals surface area contributed by atoms with E-state index in [0.29, 0.717) is 19.5 Å². The predicted octanol–water partition coefficient (Wildman–Crippen LogP) is 0.833. The average Bonchev–Trinajstić information content (AvgIpc) is 2.94. The maximum atomic E-state index is 12.0. The second-order valence-electron chi connectivity index (χ2n) is 4.50. The maximum absolute atomic E-state index is 12.0. The van der Waals surface area contributed by atoms with Gasteiger partial charge in [0, 0.05) is 25.0 Å². The van der Waals surface area contributed by atoms with Crippen molar-refractivity contribution in [3.8, 4) is 0 Å². The van der Waals surface area contributed by atoms with E-state index >= 15 is 0 Å². The lowest BCUT2D eigenvalue weighted by Gasteiger charge is -2.22. The van der Waals surface area contributed by atoms with Gasteiger partial charge >= 0.3 is 6.03 Å². The number of likely N-dealkylation sites (tertiary alicyclic amines) is 1. The van der Waals surface area contributed by atoms with Crippen LogP contribution in [0.2, 0.25) is 0 Å². The zero-order chi connectivity index (χ0) is 14.4. The molecule has 1 aliphatic rings. The average molecular weight is 294 g/mol. The molecule has 0 saturated carbocycles. The van der Waals surface area contributed by atoms with E-state index in [1.807, 2.05) is 18.2 Å². The van der Waals surface area contributed by atoms with Gasteiger partial charge in [-0.2, -0.15) is 0 Å². The lowest BCUT2D eigenvalue weighted by atomic mass is 10.2. The quantitative estimate of drug-likeness (QED) is 0.622. The molecule has 3 N–H and O–H groups in total. The molecule has 1 aromatic heterocycles. The highest BCUT2D eigenvalue weighted by Gasteiger charge is 2.32. The molecule has 1 atom stereocenters. The summed E-state index contributed by atoms with van der Waals surface area (Å²) in [6.07, 6.45) is 3.22. The Morgan fingerprint density at radius 2 is 2.35 bits per heavy atom. The van der Waals surface area contributed by atoms with E-state index in [0.717, 1.165) is 17.2 Å². The molecule has 1 saturated heterocycles. The van der Waals surface area contributed by atoms with Crippen LogP contribution in [0.15, 0.2) is 29.4 Å². The molecule has 108 valence electrons. The molecule has 20 heavy (non-hydrogen) atoms. The van der Waals surface area contributed by atoms with Gasteiger partial charge in [0.2, 0.25) is 5.91 Å². The number of hydrogen-bond acceptors (Lipinski definition) is 4. The number of amides is 3. The minimum Gasteiger partial charge on any atom is -0.368 e. The van der Waals surface area contributed by atoms with Crippen molar-refractivity contribution in [2.45, 2.75) is 23.9 Å². The fraction of sp³-hybridized carbons (Fsp3) is 0.462. The standard InChI is InChI=1S/C13H18N4O2S/c14-12(18)10-4-3-8-17(10)13(19)16-7-9-20-11-5-1-2-6-15-11/h1-2,5-6,10H,3-4,7-9H2,(H2,14,18)(H,16,19)/t10-/m0/s1. The van der Waals surface area contributed by atoms with Crippen LogP contribution in [-0.2, 0) is 4.79 Å². The van der Waals surface area contributed by atoms with Crippen LogP contribution < -0.4 is 11.1 Å². The summed E-state index contributed by atoms with van der Waals surface area (Å²) in [6, 6.07) is 5.04. The molecule has 0 unspecified atom stereocenters. The van der Waals surface area contributed by atoms with Crippen LogP contribution in [0.5, 0.6) is 0 Å². The summed E-state index contributed by atoms with van der Waals surface area (Å²) in [5, 5.41) is 3.74. The smallest absolute Gasteiger partial charge is 0.318 e. The van der Waals surface area contributed by atoms with Crippen molar-refractivity contribution in [2.75, 3.05) is 18.8 Å². The van der Waals surface area contributed by atoms with Gasteiger partial charge in [0.15, 0.2) is 0 Å². The lowest BCUT2D eigenvalue weighted by molar-refractivity contribution is -0.121. The Hall–Kier alpha value is -1.76. The van der Waals surface area contributed by atoms with Gasteiger partial charge in [0.05, 0.1) is 5.03 Å². The molecule has 0 bridgehead atoms. The van der Waals surface area contributed by atoms with Crippen LogP contribution in [0.1, 0.15) is 12.8 Å². The number of primary amides is 1. The summed E-state index contributed by atoms with van der Waals surface area (Å²) in [7, 11) is 0. The van der Waals surface area contributed by atoms with Crippen molar-refractivity contribution < 1.29 is 9.59 Å². The highest BCUT2D eigenvalue weighted by molar-refractivity contribution is 7.99. The van der Waals surface area contributed by atoms with E-state index in [9.17, 15) is 9.59 Å². The largest absolute Gasteiger partial charge is 0.368 e. The molecule has 0 aliphatic carbocycles. The van der Waals surface area contributed by atoms with E-state index < -0.39 is 11.9 Å². The van der Waals surface area contributed by atoms with Crippen LogP contribution in [0, 0.1) is 0 Å². The van der Waals surface area contributed by atoms with E-state index in [1.165, 1.54) is 4.90 Å². The fourth-order valence-corrected chi connectivity index (χ4v) is 2.88. The molecular weight excluding hydrogens is 276 g/mol. The van der Waals surface area contributed by atoms with Gasteiger partial charge in [-0.1, -0.05) is 6.07 Å². The number of rotatable bonds is 5. The zero-order valence-electron chi connectivity index (χ0n) is 11.1. The van der Waals surface area contributed by atoms with E-state index in [4.69, 9.17) is 5.73 Å². The number of carbonyl (C=O) groups is 2. The van der Waals surface area contributed by atoms with Crippen LogP contribution in [-0.4, -0.2) is 46.7 Å². The first-order chi connectivity index (χ1) is 9.68. The molecule has 2 heterocycles. The van der Waals surface area contributed by atoms with Crippen molar-refractivity contribution in [2.24, 2.45) is 5.73 Å². The van der Waals surface area contributed by atoms with Gasteiger partial charge in [-0.15, -0.1) is 11.8 Å². The van der Waals surface area contributed by atoms with Crippen LogP contribution in [0.25, 0.3) is 0 Å². The number of nitrogens with two attached hydrogens (primary N) is 1. The summed E-state index contributed by atoms with van der Waals surface area (Å²) in [6.45, 7) is 1.12. The highest BCUT2D eigenvalue weighted by atomic mass is 32.2. The molecular formula is C13H18N4O2S. The lowest BCUT2D eigenvalue weighted by Crippen LogP contribution is -2.48. The summed E-state index contributed by atoms with van der Waals surface area (Å²) in [4.78, 5) is 28.9. The first-order valence-electron chi connectivity index (χ1n) is 6.56. The molecule has 6 nitrogen and oxygen atoms in total. The second-order valence-corrected chi connectivity index (χ2v) is 5.62. The molecule has 3 amide bonds. The number of nitrogens with zero attached hydrogens (tertiary/aromatic N) is 2. The van der Waals surface area contributed by atoms with Crippen molar-refractivity contribution in [3.05, 3.63) is 24.4 Å². The molecule has 1 aliphatic heterocycles. The Kier molecular flexibility index (Phi) is 5.23. The molecule has 2 rings (SSSR count). The number of thioether (sulfide) groups is 1. The normalized spacial score (nSPS) is 18.0. The van der Waals surface area contributed by atoms with E-state index in [-0.39, 0.29) is 6.03 Å². The Bertz CT molecular complexity index is 469. The molecule has 1 aromatic rings. The third-order valence-corrected chi connectivity index (χ3v) is 4.05. The first kappa shape index (κ1) is 14.6. The monoisotopic (exact) mass is 294 g/mol. The summed E-state index contributed by atoms with van der Waals surface area (Å²) in [5.74, 6) is 0.304. The Balaban J connectivity index is 1.71. The number of nitrogens with one attached hydrogen (secondary N) is 1. The van der Waals surface area contributed by atoms with Crippen molar-refractivity contribution in [3.63, 3.8) is 0 Å². The van der Waals surface area contributed by atoms with E-state index in [2.05, 4.69) is 10.3 Å². The second kappa shape index (κ2) is 7.14. The number of aromatic nitrogens is 1. The van der Waals surface area contributed by atoms with Crippen molar-refractivity contribution in [1.82, 2.24) is 15.2 Å². The van der Waals surface area contributed by atoms with Gasteiger partial charge < -0.3 is 16.0 Å². The molecule has 0 spiro atoms. The predicted molar refractivity (Wildman–Crippen MR) is 77.3 cm³/mol. The van der Waals surface area contributed by atoms with Crippen molar-refractivity contribution in [1.29, 1.82) is 0 Å². The number of carbonyl (C=O) groups excluding carboxylic acids is 2. The highest BCUT2D eigenvalue weighted by Crippen LogP contribution is 2.17. The minimum absolute atomic E-state index is 0.215. The third kappa shape index (κ3) is 3.86. The minimum atomic E-state index is -0.460. The summed E-state index contributed by atoms with van der Waals surface area (Å²) < 4.78 is 0. The first-order valence-corrected chi connectivity index (χ1v) is 7.54. The van der Waals surface area contributed by atoms with Gasteiger partial charge in [-0.3, -0.25) is 4.79 Å². The number of pyridine rings is 1. The van der Waals surface area contributed by atoms with Crippen molar-refractivity contribution >= 4 is 23.7 Å².